The van der Waals surface area contributed by atoms with Crippen LogP contribution in [-0.2, 0) is 4.79 Å². The molecule has 0 bridgehead atoms. The Morgan fingerprint density at radius 2 is 1.81 bits per heavy atom. The highest BCUT2D eigenvalue weighted by Gasteiger charge is 2.20. The summed E-state index contributed by atoms with van der Waals surface area (Å²) in [5, 5.41) is 5.51. The lowest BCUT2D eigenvalue weighted by Gasteiger charge is -2.14. The van der Waals surface area contributed by atoms with E-state index in [2.05, 4.69) is 24.0 Å². The molecule has 0 heterocycles. The van der Waals surface area contributed by atoms with Crippen molar-refractivity contribution in [3.63, 3.8) is 0 Å². The number of allylic oxidation sites excluding steroid dienone is 3. The Hall–Kier alpha value is -3.66. The average molecular weight is 412 g/mol. The molecular weight excluding hydrogens is 386 g/mol. The number of hydrogen-bond acceptors (Lipinski definition) is 4. The Kier molecular flexibility index (Phi) is 5.72. The van der Waals surface area contributed by atoms with Gasteiger partial charge in [-0.3, -0.25) is 9.59 Å². The van der Waals surface area contributed by atoms with Crippen LogP contribution in [0.1, 0.15) is 42.1 Å². The molecule has 0 amide bonds. The zero-order valence-electron chi connectivity index (χ0n) is 17.8. The third kappa shape index (κ3) is 4.15. The van der Waals surface area contributed by atoms with Gasteiger partial charge in [-0.05, 0) is 47.4 Å². The first kappa shape index (κ1) is 20.6. The minimum atomic E-state index is -0.0484. The lowest BCUT2D eigenvalue weighted by Crippen LogP contribution is -2.05. The predicted octanol–water partition coefficient (Wildman–Crippen LogP) is 6.18. The van der Waals surface area contributed by atoms with Gasteiger partial charge in [0, 0.05) is 35.9 Å². The Morgan fingerprint density at radius 1 is 1.03 bits per heavy atom. The summed E-state index contributed by atoms with van der Waals surface area (Å²) in [4.78, 5) is 24.8. The highest BCUT2D eigenvalue weighted by atomic mass is 16.5. The Bertz CT molecular complexity index is 1230. The van der Waals surface area contributed by atoms with E-state index in [0.717, 1.165) is 38.9 Å². The first-order valence-electron chi connectivity index (χ1n) is 10.3. The van der Waals surface area contributed by atoms with Gasteiger partial charge in [-0.1, -0.05) is 49.0 Å². The van der Waals surface area contributed by atoms with Crippen molar-refractivity contribution < 1.29 is 14.3 Å². The van der Waals surface area contributed by atoms with Crippen molar-refractivity contribution in [2.24, 2.45) is 0 Å². The van der Waals surface area contributed by atoms with E-state index in [-0.39, 0.29) is 18.0 Å². The number of benzene rings is 3. The maximum Gasteiger partial charge on any atom is 0.170 e. The largest absolute Gasteiger partial charge is 0.496 e. The van der Waals surface area contributed by atoms with Gasteiger partial charge in [0.25, 0.3) is 0 Å². The molecule has 1 aliphatic carbocycles. The molecule has 0 aliphatic heterocycles. The topological polar surface area (TPSA) is 55.4 Å². The molecule has 3 aromatic rings. The highest BCUT2D eigenvalue weighted by Crippen LogP contribution is 2.31. The van der Waals surface area contributed by atoms with Gasteiger partial charge < -0.3 is 10.1 Å². The first-order chi connectivity index (χ1) is 15.0. The van der Waals surface area contributed by atoms with Crippen molar-refractivity contribution in [1.29, 1.82) is 0 Å². The molecule has 0 radical (unpaired) electrons. The van der Waals surface area contributed by atoms with E-state index in [9.17, 15) is 9.59 Å². The maximum absolute atomic E-state index is 13.1. The molecule has 4 rings (SSSR count). The standard InChI is InChI=1S/C27H25NO3/c1-17(21-10-6-8-19-7-4-5-9-22(19)21)15-26(30)23-12-11-20(16-27(23)31-3)28-24-13-14-25(29)18(24)2/h4-12,16,28H,1,13-15H2,2-3H3. The Labute approximate surface area is 182 Å². The van der Waals surface area contributed by atoms with Gasteiger partial charge in [0.05, 0.1) is 12.7 Å². The number of fused-ring (bicyclic) bond motifs is 1. The number of hydrogen-bond donors (Lipinski definition) is 1. The molecule has 156 valence electrons. The molecule has 3 aromatic carbocycles. The molecule has 0 fully saturated rings. The SMILES string of the molecule is C=C(CC(=O)c1ccc(NC2=C(C)C(=O)CC2)cc1OC)c1cccc2ccccc12. The van der Waals surface area contributed by atoms with Crippen molar-refractivity contribution >= 4 is 33.6 Å². The number of rotatable bonds is 7. The normalized spacial score (nSPS) is 13.5. The van der Waals surface area contributed by atoms with Crippen LogP contribution in [0.25, 0.3) is 16.3 Å². The number of carbonyl (C=O) groups excluding carboxylic acids is 2. The number of ketones is 2. The molecule has 0 saturated heterocycles. The molecule has 31 heavy (non-hydrogen) atoms. The van der Waals surface area contributed by atoms with E-state index in [0.29, 0.717) is 24.2 Å². The molecule has 4 nitrogen and oxygen atoms in total. The molecule has 1 aliphatic rings. The lowest BCUT2D eigenvalue weighted by atomic mass is 9.94. The lowest BCUT2D eigenvalue weighted by molar-refractivity contribution is -0.114. The molecule has 0 spiro atoms. The third-order valence-corrected chi connectivity index (χ3v) is 5.81. The van der Waals surface area contributed by atoms with Crippen molar-refractivity contribution in [1.82, 2.24) is 0 Å². The zero-order valence-corrected chi connectivity index (χ0v) is 17.8. The van der Waals surface area contributed by atoms with Crippen molar-refractivity contribution in [3.8, 4) is 5.75 Å². The number of anilines is 1. The van der Waals surface area contributed by atoms with E-state index in [1.807, 2.05) is 43.3 Å². The fraction of sp³-hybridized carbons (Fsp3) is 0.185. The zero-order chi connectivity index (χ0) is 22.0. The summed E-state index contributed by atoms with van der Waals surface area (Å²) in [6.07, 6.45) is 1.45. The van der Waals surface area contributed by atoms with E-state index >= 15 is 0 Å². The fourth-order valence-electron chi connectivity index (χ4n) is 4.03. The van der Waals surface area contributed by atoms with E-state index in [4.69, 9.17) is 4.74 Å². The van der Waals surface area contributed by atoms with Crippen LogP contribution < -0.4 is 10.1 Å². The second kappa shape index (κ2) is 8.60. The summed E-state index contributed by atoms with van der Waals surface area (Å²) in [5.74, 6) is 0.629. The van der Waals surface area contributed by atoms with Gasteiger partial charge in [-0.25, -0.2) is 0 Å². The second-order valence-electron chi connectivity index (χ2n) is 7.80. The fourth-order valence-corrected chi connectivity index (χ4v) is 4.03. The maximum atomic E-state index is 13.1. The van der Waals surface area contributed by atoms with Crippen molar-refractivity contribution in [2.75, 3.05) is 12.4 Å². The number of Topliss-reactive ketones (excluding diaryl/α,β-unsaturated/α-hetero) is 2. The van der Waals surface area contributed by atoms with Gasteiger partial charge in [-0.2, -0.15) is 0 Å². The molecule has 0 atom stereocenters. The quantitative estimate of drug-likeness (QED) is 0.472. The highest BCUT2D eigenvalue weighted by molar-refractivity contribution is 6.06. The van der Waals surface area contributed by atoms with Crippen LogP contribution in [0.15, 0.2) is 78.5 Å². The smallest absolute Gasteiger partial charge is 0.170 e. The first-order valence-corrected chi connectivity index (χ1v) is 10.3. The van der Waals surface area contributed by atoms with Gasteiger partial charge in [0.15, 0.2) is 11.6 Å². The van der Waals surface area contributed by atoms with Crippen LogP contribution in [0.3, 0.4) is 0 Å². The van der Waals surface area contributed by atoms with Gasteiger partial charge in [0.1, 0.15) is 5.75 Å². The molecule has 1 N–H and O–H groups in total. The second-order valence-corrected chi connectivity index (χ2v) is 7.80. The minimum Gasteiger partial charge on any atom is -0.496 e. The Morgan fingerprint density at radius 3 is 2.55 bits per heavy atom. The number of nitrogens with one attached hydrogen (secondary N) is 1. The van der Waals surface area contributed by atoms with E-state index < -0.39 is 0 Å². The molecule has 0 saturated carbocycles. The summed E-state index contributed by atoms with van der Waals surface area (Å²) in [6.45, 7) is 6.02. The van der Waals surface area contributed by atoms with Gasteiger partial charge in [0.2, 0.25) is 0 Å². The minimum absolute atomic E-state index is 0.0484. The summed E-state index contributed by atoms with van der Waals surface area (Å²) in [7, 11) is 1.55. The van der Waals surface area contributed by atoms with E-state index in [1.54, 1.807) is 19.2 Å². The summed E-state index contributed by atoms with van der Waals surface area (Å²) in [5.41, 5.74) is 4.77. The Balaban J connectivity index is 1.55. The molecule has 0 aromatic heterocycles. The summed E-state index contributed by atoms with van der Waals surface area (Å²) >= 11 is 0. The average Bonchev–Trinajstić information content (AvgIpc) is 3.10. The van der Waals surface area contributed by atoms with Crippen molar-refractivity contribution in [3.05, 3.63) is 89.6 Å². The molecule has 0 unspecified atom stereocenters. The van der Waals surface area contributed by atoms with Crippen LogP contribution in [0.4, 0.5) is 5.69 Å². The van der Waals surface area contributed by atoms with E-state index in [1.165, 1.54) is 0 Å². The predicted molar refractivity (Wildman–Crippen MR) is 125 cm³/mol. The summed E-state index contributed by atoms with van der Waals surface area (Å²) < 4.78 is 5.50. The van der Waals surface area contributed by atoms with Crippen LogP contribution in [0.2, 0.25) is 0 Å². The van der Waals surface area contributed by atoms with Crippen LogP contribution in [0, 0.1) is 0 Å². The van der Waals surface area contributed by atoms with Gasteiger partial charge in [-0.15, -0.1) is 0 Å². The molecule has 4 heteroatoms. The number of carbonyl (C=O) groups is 2. The van der Waals surface area contributed by atoms with Crippen molar-refractivity contribution in [2.45, 2.75) is 26.2 Å². The monoisotopic (exact) mass is 411 g/mol. The number of methoxy groups -OCH3 is 1. The third-order valence-electron chi connectivity index (χ3n) is 5.81. The van der Waals surface area contributed by atoms with Gasteiger partial charge >= 0.3 is 0 Å². The van der Waals surface area contributed by atoms with Crippen LogP contribution in [0.5, 0.6) is 5.75 Å². The molecular formula is C27H25NO3. The number of ether oxygens (including phenoxy) is 1. The van der Waals surface area contributed by atoms with Crippen LogP contribution >= 0.6 is 0 Å². The summed E-state index contributed by atoms with van der Waals surface area (Å²) in [6, 6.07) is 19.6. The van der Waals surface area contributed by atoms with Crippen LogP contribution in [-0.4, -0.2) is 18.7 Å².